The SMILES string of the molecule is C[C@@H](N)C(=O)NCC(O)c1ccsc1. The average molecular weight is 214 g/mol. The zero-order valence-corrected chi connectivity index (χ0v) is 8.75. The molecule has 0 aliphatic rings. The monoisotopic (exact) mass is 214 g/mol. The Bertz CT molecular complexity index is 285. The fraction of sp³-hybridized carbons (Fsp3) is 0.444. The van der Waals surface area contributed by atoms with Gasteiger partial charge in [0.1, 0.15) is 0 Å². The summed E-state index contributed by atoms with van der Waals surface area (Å²) in [5.74, 6) is -0.251. The van der Waals surface area contributed by atoms with E-state index in [1.165, 1.54) is 11.3 Å². The van der Waals surface area contributed by atoms with Gasteiger partial charge < -0.3 is 16.2 Å². The Balaban J connectivity index is 2.36. The van der Waals surface area contributed by atoms with Crippen molar-refractivity contribution in [2.75, 3.05) is 6.54 Å². The molecule has 0 saturated heterocycles. The summed E-state index contributed by atoms with van der Waals surface area (Å²) in [4.78, 5) is 11.1. The molecule has 1 aromatic rings. The zero-order valence-electron chi connectivity index (χ0n) is 7.93. The van der Waals surface area contributed by atoms with Crippen LogP contribution < -0.4 is 11.1 Å². The summed E-state index contributed by atoms with van der Waals surface area (Å²) >= 11 is 1.51. The molecule has 4 N–H and O–H groups in total. The number of thiophene rings is 1. The Morgan fingerprint density at radius 2 is 2.50 bits per heavy atom. The van der Waals surface area contributed by atoms with Crippen LogP contribution in [-0.4, -0.2) is 23.6 Å². The second-order valence-corrected chi connectivity index (χ2v) is 3.89. The first kappa shape index (κ1) is 11.2. The molecule has 0 fully saturated rings. The van der Waals surface area contributed by atoms with Gasteiger partial charge >= 0.3 is 0 Å². The molecule has 4 nitrogen and oxygen atoms in total. The highest BCUT2D eigenvalue weighted by Crippen LogP contribution is 2.14. The molecule has 1 amide bonds. The van der Waals surface area contributed by atoms with Gasteiger partial charge in [-0.2, -0.15) is 11.3 Å². The van der Waals surface area contributed by atoms with Crippen LogP contribution in [0, 0.1) is 0 Å². The summed E-state index contributed by atoms with van der Waals surface area (Å²) in [7, 11) is 0. The van der Waals surface area contributed by atoms with Gasteiger partial charge in [-0.15, -0.1) is 0 Å². The van der Waals surface area contributed by atoms with Gasteiger partial charge in [0.2, 0.25) is 5.91 Å². The quantitative estimate of drug-likeness (QED) is 0.672. The van der Waals surface area contributed by atoms with E-state index in [-0.39, 0.29) is 12.5 Å². The molecule has 5 heteroatoms. The van der Waals surface area contributed by atoms with Crippen LogP contribution in [0.3, 0.4) is 0 Å². The van der Waals surface area contributed by atoms with Gasteiger partial charge in [-0.3, -0.25) is 4.79 Å². The number of nitrogens with two attached hydrogens (primary N) is 1. The Morgan fingerprint density at radius 1 is 1.79 bits per heavy atom. The molecule has 1 aromatic heterocycles. The molecular formula is C9H14N2O2S. The zero-order chi connectivity index (χ0) is 10.6. The molecule has 0 radical (unpaired) electrons. The lowest BCUT2D eigenvalue weighted by atomic mass is 10.2. The van der Waals surface area contributed by atoms with E-state index < -0.39 is 12.1 Å². The third-order valence-electron chi connectivity index (χ3n) is 1.81. The summed E-state index contributed by atoms with van der Waals surface area (Å²) in [5, 5.41) is 15.9. The van der Waals surface area contributed by atoms with Crippen molar-refractivity contribution in [3.8, 4) is 0 Å². The first-order valence-electron chi connectivity index (χ1n) is 4.34. The Kier molecular flexibility index (Phi) is 4.06. The molecule has 0 aliphatic carbocycles. The van der Waals surface area contributed by atoms with Crippen molar-refractivity contribution >= 4 is 17.2 Å². The minimum atomic E-state index is -0.649. The van der Waals surface area contributed by atoms with E-state index >= 15 is 0 Å². The highest BCUT2D eigenvalue weighted by molar-refractivity contribution is 7.07. The van der Waals surface area contributed by atoms with Gasteiger partial charge in [0.15, 0.2) is 0 Å². The maximum absolute atomic E-state index is 11.1. The second kappa shape index (κ2) is 5.09. The number of hydrogen-bond acceptors (Lipinski definition) is 4. The lowest BCUT2D eigenvalue weighted by Crippen LogP contribution is -2.40. The Labute approximate surface area is 86.7 Å². The second-order valence-electron chi connectivity index (χ2n) is 3.11. The highest BCUT2D eigenvalue weighted by Gasteiger charge is 2.11. The lowest BCUT2D eigenvalue weighted by Gasteiger charge is -2.11. The molecule has 0 saturated carbocycles. The number of rotatable bonds is 4. The molecule has 78 valence electrons. The summed E-state index contributed by atoms with van der Waals surface area (Å²) in [6.07, 6.45) is -0.649. The van der Waals surface area contributed by atoms with Crippen LogP contribution in [0.15, 0.2) is 16.8 Å². The number of amides is 1. The van der Waals surface area contributed by atoms with Crippen molar-refractivity contribution < 1.29 is 9.90 Å². The van der Waals surface area contributed by atoms with Gasteiger partial charge in [0, 0.05) is 6.54 Å². The predicted molar refractivity (Wildman–Crippen MR) is 55.9 cm³/mol. The summed E-state index contributed by atoms with van der Waals surface area (Å²) in [6, 6.07) is 1.29. The van der Waals surface area contributed by atoms with Crippen LogP contribution in [0.4, 0.5) is 0 Å². The lowest BCUT2D eigenvalue weighted by molar-refractivity contribution is -0.122. The molecule has 14 heavy (non-hydrogen) atoms. The van der Waals surface area contributed by atoms with E-state index in [1.54, 1.807) is 6.92 Å². The van der Waals surface area contributed by atoms with Gasteiger partial charge in [0.25, 0.3) is 0 Å². The predicted octanol–water partition coefficient (Wildman–Crippen LogP) is 0.245. The van der Waals surface area contributed by atoms with Crippen molar-refractivity contribution in [2.45, 2.75) is 19.1 Å². The first-order valence-corrected chi connectivity index (χ1v) is 5.29. The molecule has 0 bridgehead atoms. The minimum absolute atomic E-state index is 0.205. The number of nitrogens with one attached hydrogen (secondary N) is 1. The fourth-order valence-electron chi connectivity index (χ4n) is 0.941. The molecule has 0 aromatic carbocycles. The summed E-state index contributed by atoms with van der Waals surface area (Å²) in [5.41, 5.74) is 6.17. The third kappa shape index (κ3) is 3.10. The molecule has 1 unspecified atom stereocenters. The number of carbonyl (C=O) groups is 1. The van der Waals surface area contributed by atoms with E-state index in [0.29, 0.717) is 0 Å². The highest BCUT2D eigenvalue weighted by atomic mass is 32.1. The van der Waals surface area contributed by atoms with Crippen LogP contribution in [-0.2, 0) is 4.79 Å². The summed E-state index contributed by atoms with van der Waals surface area (Å²) in [6.45, 7) is 1.81. The van der Waals surface area contributed by atoms with Crippen LogP contribution in [0.25, 0.3) is 0 Å². The minimum Gasteiger partial charge on any atom is -0.387 e. The van der Waals surface area contributed by atoms with Crippen molar-refractivity contribution in [3.05, 3.63) is 22.4 Å². The number of carbonyl (C=O) groups excluding carboxylic acids is 1. The van der Waals surface area contributed by atoms with Crippen LogP contribution in [0.2, 0.25) is 0 Å². The molecular weight excluding hydrogens is 200 g/mol. The van der Waals surface area contributed by atoms with Crippen molar-refractivity contribution in [2.24, 2.45) is 5.73 Å². The molecule has 2 atom stereocenters. The van der Waals surface area contributed by atoms with Gasteiger partial charge in [0.05, 0.1) is 12.1 Å². The van der Waals surface area contributed by atoms with Crippen LogP contribution in [0.5, 0.6) is 0 Å². The van der Waals surface area contributed by atoms with E-state index in [9.17, 15) is 9.90 Å². The average Bonchev–Trinajstić information content (AvgIpc) is 2.66. The van der Waals surface area contributed by atoms with Crippen LogP contribution in [0.1, 0.15) is 18.6 Å². The topological polar surface area (TPSA) is 75.4 Å². The van der Waals surface area contributed by atoms with Gasteiger partial charge in [-0.1, -0.05) is 0 Å². The van der Waals surface area contributed by atoms with E-state index in [0.717, 1.165) is 5.56 Å². The van der Waals surface area contributed by atoms with E-state index in [2.05, 4.69) is 5.32 Å². The van der Waals surface area contributed by atoms with Crippen LogP contribution >= 0.6 is 11.3 Å². The Morgan fingerprint density at radius 3 is 3.00 bits per heavy atom. The first-order chi connectivity index (χ1) is 6.61. The van der Waals surface area contributed by atoms with Crippen molar-refractivity contribution in [3.63, 3.8) is 0 Å². The molecule has 0 spiro atoms. The third-order valence-corrected chi connectivity index (χ3v) is 2.51. The number of aliphatic hydroxyl groups is 1. The summed E-state index contributed by atoms with van der Waals surface area (Å²) < 4.78 is 0. The molecule has 1 rings (SSSR count). The maximum atomic E-state index is 11.1. The fourth-order valence-corrected chi connectivity index (χ4v) is 1.65. The van der Waals surface area contributed by atoms with Gasteiger partial charge in [-0.25, -0.2) is 0 Å². The van der Waals surface area contributed by atoms with E-state index in [4.69, 9.17) is 5.73 Å². The molecule has 1 heterocycles. The molecule has 0 aliphatic heterocycles. The number of aliphatic hydroxyl groups excluding tert-OH is 1. The van der Waals surface area contributed by atoms with Crippen molar-refractivity contribution in [1.29, 1.82) is 0 Å². The standard InChI is InChI=1S/C9H14N2O2S/c1-6(10)9(13)11-4-8(12)7-2-3-14-5-7/h2-3,5-6,8,12H,4,10H2,1H3,(H,11,13)/t6-,8?/m1/s1. The van der Waals surface area contributed by atoms with E-state index in [1.807, 2.05) is 16.8 Å². The smallest absolute Gasteiger partial charge is 0.236 e. The van der Waals surface area contributed by atoms with Gasteiger partial charge in [-0.05, 0) is 29.3 Å². The largest absolute Gasteiger partial charge is 0.387 e. The maximum Gasteiger partial charge on any atom is 0.236 e. The normalized spacial score (nSPS) is 14.8. The number of hydrogen-bond donors (Lipinski definition) is 3. The van der Waals surface area contributed by atoms with Crippen molar-refractivity contribution in [1.82, 2.24) is 5.32 Å². The Hall–Kier alpha value is -0.910.